The molecule has 4 aliphatic rings. The molecule has 4 aliphatic heterocycles. The number of morpholine rings is 1. The highest BCUT2D eigenvalue weighted by molar-refractivity contribution is 5.75. The number of fused-ring (bicyclic) bond motifs is 2. The molecule has 3 saturated heterocycles. The SMILES string of the molecule is Cc1cc(C2CN([C@@H]3CCNC3)C2)cc2c1O[C@@H](C)c1c(N3CCOCC3)ccnc1N2. The number of aromatic nitrogens is 1. The number of anilines is 3. The van der Waals surface area contributed by atoms with Gasteiger partial charge >= 0.3 is 0 Å². The Labute approximate surface area is 190 Å². The molecule has 0 unspecified atom stereocenters. The van der Waals surface area contributed by atoms with Crippen LogP contribution < -0.4 is 20.3 Å². The molecule has 7 nitrogen and oxygen atoms in total. The highest BCUT2D eigenvalue weighted by Crippen LogP contribution is 2.45. The summed E-state index contributed by atoms with van der Waals surface area (Å²) in [6, 6.07) is 7.45. The van der Waals surface area contributed by atoms with Gasteiger partial charge in [-0.25, -0.2) is 4.98 Å². The third-order valence-electron chi connectivity index (χ3n) is 7.50. The minimum Gasteiger partial charge on any atom is -0.483 e. The van der Waals surface area contributed by atoms with E-state index in [1.807, 2.05) is 6.20 Å². The highest BCUT2D eigenvalue weighted by Gasteiger charge is 2.35. The van der Waals surface area contributed by atoms with Crippen molar-refractivity contribution in [3.8, 4) is 5.75 Å². The first-order chi connectivity index (χ1) is 15.7. The molecule has 0 spiro atoms. The topological polar surface area (TPSA) is 61.9 Å². The predicted octanol–water partition coefficient (Wildman–Crippen LogP) is 3.18. The Morgan fingerprint density at radius 1 is 1.16 bits per heavy atom. The number of pyridine rings is 1. The first-order valence-corrected chi connectivity index (χ1v) is 12.0. The van der Waals surface area contributed by atoms with Gasteiger partial charge in [-0.05, 0) is 50.1 Å². The van der Waals surface area contributed by atoms with Crippen molar-refractivity contribution >= 4 is 17.2 Å². The molecule has 1 aromatic carbocycles. The Balaban J connectivity index is 1.29. The van der Waals surface area contributed by atoms with Crippen LogP contribution in [0.4, 0.5) is 17.2 Å². The number of likely N-dealkylation sites (tertiary alicyclic amines) is 1. The van der Waals surface area contributed by atoms with Crippen LogP contribution in [0.5, 0.6) is 5.75 Å². The first kappa shape index (κ1) is 20.3. The van der Waals surface area contributed by atoms with E-state index in [0.717, 1.165) is 75.3 Å². The summed E-state index contributed by atoms with van der Waals surface area (Å²) in [7, 11) is 0. The van der Waals surface area contributed by atoms with E-state index >= 15 is 0 Å². The van der Waals surface area contributed by atoms with E-state index in [2.05, 4.69) is 52.5 Å². The van der Waals surface area contributed by atoms with E-state index in [-0.39, 0.29) is 6.10 Å². The average molecular weight is 436 g/mol. The van der Waals surface area contributed by atoms with Crippen molar-refractivity contribution in [2.24, 2.45) is 0 Å². The summed E-state index contributed by atoms with van der Waals surface area (Å²) in [4.78, 5) is 9.74. The van der Waals surface area contributed by atoms with E-state index in [0.29, 0.717) is 12.0 Å². The summed E-state index contributed by atoms with van der Waals surface area (Å²) < 4.78 is 12.1. The fourth-order valence-corrected chi connectivity index (χ4v) is 5.67. The normalized spacial score (nSPS) is 25.9. The van der Waals surface area contributed by atoms with Crippen LogP contribution in [0.15, 0.2) is 24.4 Å². The van der Waals surface area contributed by atoms with Crippen molar-refractivity contribution in [3.05, 3.63) is 41.1 Å². The average Bonchev–Trinajstić information content (AvgIpc) is 3.24. The van der Waals surface area contributed by atoms with E-state index < -0.39 is 0 Å². The number of nitrogens with zero attached hydrogens (tertiary/aromatic N) is 3. The fourth-order valence-electron chi connectivity index (χ4n) is 5.67. The van der Waals surface area contributed by atoms with Crippen molar-refractivity contribution in [1.29, 1.82) is 0 Å². The quantitative estimate of drug-likeness (QED) is 0.768. The maximum atomic E-state index is 6.56. The smallest absolute Gasteiger partial charge is 0.146 e. The fraction of sp³-hybridized carbons (Fsp3) is 0.560. The van der Waals surface area contributed by atoms with Crippen LogP contribution >= 0.6 is 0 Å². The molecule has 6 rings (SSSR count). The number of aryl methyl sites for hydroxylation is 1. The lowest BCUT2D eigenvalue weighted by Gasteiger charge is -2.43. The lowest BCUT2D eigenvalue weighted by Crippen LogP contribution is -2.51. The summed E-state index contributed by atoms with van der Waals surface area (Å²) in [5, 5.41) is 7.14. The standard InChI is InChI=1S/C25H33N5O2/c1-16-11-18(19-14-30(15-19)20-3-5-26-13-20)12-21-24(16)32-17(2)23-22(4-6-27-25(23)28-21)29-7-9-31-10-8-29/h4,6,11-12,17,19-20,26H,3,5,7-10,13-15H2,1-2H3,(H,27,28)/t17-,20+/m0/s1. The number of ether oxygens (including phenoxy) is 2. The van der Waals surface area contributed by atoms with Gasteiger partial charge in [0.1, 0.15) is 17.7 Å². The van der Waals surface area contributed by atoms with Crippen LogP contribution in [0.1, 0.15) is 42.1 Å². The number of rotatable bonds is 3. The van der Waals surface area contributed by atoms with Gasteiger partial charge in [-0.3, -0.25) is 4.90 Å². The molecule has 0 amide bonds. The zero-order valence-electron chi connectivity index (χ0n) is 19.1. The Hall–Kier alpha value is -2.35. The molecule has 2 N–H and O–H groups in total. The van der Waals surface area contributed by atoms with Crippen molar-refractivity contribution in [2.75, 3.05) is 62.7 Å². The molecule has 32 heavy (non-hydrogen) atoms. The molecule has 170 valence electrons. The Bertz CT molecular complexity index is 994. The summed E-state index contributed by atoms with van der Waals surface area (Å²) >= 11 is 0. The third-order valence-corrected chi connectivity index (χ3v) is 7.50. The molecular formula is C25H33N5O2. The molecule has 0 bridgehead atoms. The zero-order chi connectivity index (χ0) is 21.7. The lowest BCUT2D eigenvalue weighted by molar-refractivity contribution is 0.101. The Morgan fingerprint density at radius 2 is 2.00 bits per heavy atom. The molecular weight excluding hydrogens is 402 g/mol. The number of benzene rings is 1. The Morgan fingerprint density at radius 3 is 2.78 bits per heavy atom. The minimum atomic E-state index is -0.0797. The van der Waals surface area contributed by atoms with Gasteiger partial charge in [0.25, 0.3) is 0 Å². The molecule has 0 radical (unpaired) electrons. The number of hydrogen-bond donors (Lipinski definition) is 2. The van der Waals surface area contributed by atoms with Gasteiger partial charge < -0.3 is 25.0 Å². The number of nitrogens with one attached hydrogen (secondary N) is 2. The van der Waals surface area contributed by atoms with Gasteiger partial charge in [0, 0.05) is 56.6 Å². The third kappa shape index (κ3) is 3.52. The van der Waals surface area contributed by atoms with Gasteiger partial charge in [-0.1, -0.05) is 6.07 Å². The highest BCUT2D eigenvalue weighted by atomic mass is 16.5. The van der Waals surface area contributed by atoms with E-state index in [1.54, 1.807) is 0 Å². The largest absolute Gasteiger partial charge is 0.483 e. The maximum absolute atomic E-state index is 6.56. The van der Waals surface area contributed by atoms with Crippen molar-refractivity contribution < 1.29 is 9.47 Å². The van der Waals surface area contributed by atoms with Crippen LogP contribution in [0.25, 0.3) is 0 Å². The molecule has 2 atom stereocenters. The molecule has 1 aromatic heterocycles. The molecule has 0 saturated carbocycles. The minimum absolute atomic E-state index is 0.0797. The maximum Gasteiger partial charge on any atom is 0.146 e. The van der Waals surface area contributed by atoms with Crippen LogP contribution in [0, 0.1) is 6.92 Å². The first-order valence-electron chi connectivity index (χ1n) is 12.0. The van der Waals surface area contributed by atoms with Crippen molar-refractivity contribution in [3.63, 3.8) is 0 Å². The van der Waals surface area contributed by atoms with Crippen molar-refractivity contribution in [1.82, 2.24) is 15.2 Å². The predicted molar refractivity (Wildman–Crippen MR) is 126 cm³/mol. The summed E-state index contributed by atoms with van der Waals surface area (Å²) in [5.41, 5.74) is 5.97. The second kappa shape index (κ2) is 8.21. The van der Waals surface area contributed by atoms with E-state index in [4.69, 9.17) is 14.5 Å². The van der Waals surface area contributed by atoms with E-state index in [9.17, 15) is 0 Å². The van der Waals surface area contributed by atoms with Gasteiger partial charge in [-0.2, -0.15) is 0 Å². The van der Waals surface area contributed by atoms with E-state index in [1.165, 1.54) is 23.2 Å². The van der Waals surface area contributed by atoms with Crippen LogP contribution in [-0.4, -0.2) is 68.4 Å². The van der Waals surface area contributed by atoms with Gasteiger partial charge in [0.05, 0.1) is 24.5 Å². The summed E-state index contributed by atoms with van der Waals surface area (Å²) in [5.74, 6) is 2.45. The summed E-state index contributed by atoms with van der Waals surface area (Å²) in [6.07, 6.45) is 3.10. The second-order valence-corrected chi connectivity index (χ2v) is 9.59. The molecule has 0 aliphatic carbocycles. The molecule has 3 fully saturated rings. The second-order valence-electron chi connectivity index (χ2n) is 9.59. The molecule has 5 heterocycles. The molecule has 2 aromatic rings. The van der Waals surface area contributed by atoms with Gasteiger partial charge in [0.15, 0.2) is 0 Å². The van der Waals surface area contributed by atoms with Gasteiger partial charge in [-0.15, -0.1) is 0 Å². The van der Waals surface area contributed by atoms with Crippen LogP contribution in [0.3, 0.4) is 0 Å². The van der Waals surface area contributed by atoms with Crippen molar-refractivity contribution in [2.45, 2.75) is 38.3 Å². The Kier molecular flexibility index (Phi) is 5.20. The number of hydrogen-bond acceptors (Lipinski definition) is 7. The van der Waals surface area contributed by atoms with Crippen LogP contribution in [-0.2, 0) is 4.74 Å². The monoisotopic (exact) mass is 435 g/mol. The van der Waals surface area contributed by atoms with Gasteiger partial charge in [0.2, 0.25) is 0 Å². The zero-order valence-corrected chi connectivity index (χ0v) is 19.1. The molecule has 7 heteroatoms. The lowest BCUT2D eigenvalue weighted by atomic mass is 9.88. The summed E-state index contributed by atoms with van der Waals surface area (Å²) in [6.45, 7) is 12.2. The van der Waals surface area contributed by atoms with Crippen LogP contribution in [0.2, 0.25) is 0 Å².